The first kappa shape index (κ1) is 17.7. The average Bonchev–Trinajstić information content (AvgIpc) is 2.62. The number of anilines is 2. The first-order valence-corrected chi connectivity index (χ1v) is 9.02. The molecule has 2 aliphatic rings. The zero-order valence-electron chi connectivity index (χ0n) is 15.4. The second kappa shape index (κ2) is 7.86. The van der Waals surface area contributed by atoms with Gasteiger partial charge in [-0.15, -0.1) is 0 Å². The minimum absolute atomic E-state index is 0.231. The Morgan fingerprint density at radius 2 is 1.68 bits per heavy atom. The number of hydrogen-bond donors (Lipinski definition) is 0. The molecule has 1 amide bonds. The van der Waals surface area contributed by atoms with Gasteiger partial charge in [-0.2, -0.15) is 4.98 Å². The van der Waals surface area contributed by atoms with Gasteiger partial charge in [0, 0.05) is 64.1 Å². The molecule has 2 aliphatic heterocycles. The first-order valence-electron chi connectivity index (χ1n) is 9.02. The Bertz CT molecular complexity index is 595. The van der Waals surface area contributed by atoms with Crippen LogP contribution in [0.3, 0.4) is 0 Å². The fourth-order valence-electron chi connectivity index (χ4n) is 3.18. The maximum atomic E-state index is 11.8. The van der Waals surface area contributed by atoms with E-state index in [-0.39, 0.29) is 6.09 Å². The molecule has 0 radical (unpaired) electrons. The van der Waals surface area contributed by atoms with Gasteiger partial charge in [-0.05, 0) is 20.9 Å². The standard InChI is InChI=1S/C17H28N6O2/c1-4-25-17(24)23-11-9-22(10-12-23)16-18-14(2)13-15(19-16)21-7-5-20(3)6-8-21/h13H,4-12H2,1-3H3. The predicted octanol–water partition coefficient (Wildman–Crippen LogP) is 0.815. The molecule has 138 valence electrons. The van der Waals surface area contributed by atoms with Crippen LogP contribution in [0.25, 0.3) is 0 Å². The van der Waals surface area contributed by atoms with Crippen LogP contribution < -0.4 is 9.80 Å². The van der Waals surface area contributed by atoms with Gasteiger partial charge in [-0.3, -0.25) is 0 Å². The van der Waals surface area contributed by atoms with E-state index >= 15 is 0 Å². The van der Waals surface area contributed by atoms with E-state index in [2.05, 4.69) is 32.8 Å². The second-order valence-corrected chi connectivity index (χ2v) is 6.63. The van der Waals surface area contributed by atoms with E-state index in [1.54, 1.807) is 4.90 Å². The minimum atomic E-state index is -0.231. The van der Waals surface area contributed by atoms with Crippen LogP contribution in [0.2, 0.25) is 0 Å². The molecule has 1 aromatic rings. The summed E-state index contributed by atoms with van der Waals surface area (Å²) >= 11 is 0. The highest BCUT2D eigenvalue weighted by Gasteiger charge is 2.24. The van der Waals surface area contributed by atoms with Gasteiger partial charge < -0.3 is 24.3 Å². The quantitative estimate of drug-likeness (QED) is 0.801. The predicted molar refractivity (Wildman–Crippen MR) is 97.3 cm³/mol. The summed E-state index contributed by atoms with van der Waals surface area (Å²) in [6.45, 7) is 11.1. The Labute approximate surface area is 149 Å². The van der Waals surface area contributed by atoms with E-state index in [1.807, 2.05) is 13.8 Å². The second-order valence-electron chi connectivity index (χ2n) is 6.63. The molecule has 0 unspecified atom stereocenters. The molecule has 0 aromatic carbocycles. The van der Waals surface area contributed by atoms with Crippen molar-refractivity contribution >= 4 is 17.9 Å². The number of carbonyl (C=O) groups is 1. The van der Waals surface area contributed by atoms with E-state index < -0.39 is 0 Å². The Morgan fingerprint density at radius 3 is 2.32 bits per heavy atom. The molecular formula is C17H28N6O2. The molecule has 0 aliphatic carbocycles. The number of aromatic nitrogens is 2. The molecule has 0 spiro atoms. The fraction of sp³-hybridized carbons (Fsp3) is 0.706. The lowest BCUT2D eigenvalue weighted by Gasteiger charge is -2.36. The van der Waals surface area contributed by atoms with Crippen molar-refractivity contribution in [2.45, 2.75) is 13.8 Å². The van der Waals surface area contributed by atoms with Crippen molar-refractivity contribution in [1.82, 2.24) is 19.8 Å². The van der Waals surface area contributed by atoms with Crippen LogP contribution in [0.1, 0.15) is 12.6 Å². The van der Waals surface area contributed by atoms with Gasteiger partial charge >= 0.3 is 6.09 Å². The summed E-state index contributed by atoms with van der Waals surface area (Å²) in [6, 6.07) is 2.06. The fourth-order valence-corrected chi connectivity index (χ4v) is 3.18. The van der Waals surface area contributed by atoms with Crippen molar-refractivity contribution in [2.75, 3.05) is 75.8 Å². The normalized spacial score (nSPS) is 19.2. The van der Waals surface area contributed by atoms with Crippen LogP contribution in [-0.4, -0.2) is 91.9 Å². The van der Waals surface area contributed by atoms with Crippen LogP contribution in [0.15, 0.2) is 6.07 Å². The van der Waals surface area contributed by atoms with Crippen LogP contribution in [0.5, 0.6) is 0 Å². The molecule has 0 saturated carbocycles. The van der Waals surface area contributed by atoms with Crippen molar-refractivity contribution in [3.8, 4) is 0 Å². The Hall–Kier alpha value is -2.09. The third-order valence-electron chi connectivity index (χ3n) is 4.74. The summed E-state index contributed by atoms with van der Waals surface area (Å²) in [4.78, 5) is 29.8. The van der Waals surface area contributed by atoms with Crippen molar-refractivity contribution in [3.05, 3.63) is 11.8 Å². The summed E-state index contributed by atoms with van der Waals surface area (Å²) < 4.78 is 5.08. The molecule has 3 rings (SSSR count). The molecule has 0 bridgehead atoms. The molecule has 0 atom stereocenters. The number of rotatable bonds is 3. The average molecular weight is 348 g/mol. The van der Waals surface area contributed by atoms with Gasteiger partial charge in [-0.25, -0.2) is 9.78 Å². The van der Waals surface area contributed by atoms with E-state index in [9.17, 15) is 4.79 Å². The number of likely N-dealkylation sites (N-methyl/N-ethyl adjacent to an activating group) is 1. The number of aryl methyl sites for hydroxylation is 1. The van der Waals surface area contributed by atoms with Crippen molar-refractivity contribution < 1.29 is 9.53 Å². The molecule has 8 nitrogen and oxygen atoms in total. The smallest absolute Gasteiger partial charge is 0.409 e. The Morgan fingerprint density at radius 1 is 1.04 bits per heavy atom. The SMILES string of the molecule is CCOC(=O)N1CCN(c2nc(C)cc(N3CCN(C)CC3)n2)CC1. The molecule has 8 heteroatoms. The molecule has 0 N–H and O–H groups in total. The van der Waals surface area contributed by atoms with Crippen LogP contribution in [0.4, 0.5) is 16.6 Å². The maximum absolute atomic E-state index is 11.8. The maximum Gasteiger partial charge on any atom is 0.409 e. The number of nitrogens with zero attached hydrogens (tertiary/aromatic N) is 6. The molecule has 3 heterocycles. The van der Waals surface area contributed by atoms with Gasteiger partial charge in [0.2, 0.25) is 5.95 Å². The van der Waals surface area contributed by atoms with Gasteiger partial charge in [0.05, 0.1) is 6.61 Å². The lowest BCUT2D eigenvalue weighted by Crippen LogP contribution is -2.49. The summed E-state index contributed by atoms with van der Waals surface area (Å²) in [6.07, 6.45) is -0.231. The number of ether oxygens (including phenoxy) is 1. The molecule has 2 saturated heterocycles. The Balaban J connectivity index is 1.66. The lowest BCUT2D eigenvalue weighted by atomic mass is 10.3. The third-order valence-corrected chi connectivity index (χ3v) is 4.74. The van der Waals surface area contributed by atoms with Crippen LogP contribution >= 0.6 is 0 Å². The zero-order valence-corrected chi connectivity index (χ0v) is 15.4. The van der Waals surface area contributed by atoms with Gasteiger partial charge in [-0.1, -0.05) is 0 Å². The van der Waals surface area contributed by atoms with E-state index in [0.29, 0.717) is 19.7 Å². The molecule has 1 aromatic heterocycles. The summed E-state index contributed by atoms with van der Waals surface area (Å²) in [5.74, 6) is 1.76. The van der Waals surface area contributed by atoms with Crippen molar-refractivity contribution in [2.24, 2.45) is 0 Å². The highest BCUT2D eigenvalue weighted by atomic mass is 16.6. The number of hydrogen-bond acceptors (Lipinski definition) is 7. The van der Waals surface area contributed by atoms with E-state index in [0.717, 1.165) is 56.7 Å². The Kier molecular flexibility index (Phi) is 5.57. The van der Waals surface area contributed by atoms with Crippen molar-refractivity contribution in [3.63, 3.8) is 0 Å². The largest absolute Gasteiger partial charge is 0.450 e. The molecule has 2 fully saturated rings. The molecular weight excluding hydrogens is 320 g/mol. The van der Waals surface area contributed by atoms with Gasteiger partial charge in [0.1, 0.15) is 5.82 Å². The van der Waals surface area contributed by atoms with E-state index in [1.165, 1.54) is 0 Å². The number of piperazine rings is 2. The van der Waals surface area contributed by atoms with Crippen molar-refractivity contribution in [1.29, 1.82) is 0 Å². The lowest BCUT2D eigenvalue weighted by molar-refractivity contribution is 0.105. The number of carbonyl (C=O) groups excluding carboxylic acids is 1. The minimum Gasteiger partial charge on any atom is -0.450 e. The van der Waals surface area contributed by atoms with Crippen LogP contribution in [0, 0.1) is 6.92 Å². The third kappa shape index (κ3) is 4.31. The monoisotopic (exact) mass is 348 g/mol. The molecule has 25 heavy (non-hydrogen) atoms. The summed E-state index contributed by atoms with van der Waals surface area (Å²) in [5, 5.41) is 0. The summed E-state index contributed by atoms with van der Waals surface area (Å²) in [5.41, 5.74) is 0.978. The first-order chi connectivity index (χ1) is 12.1. The highest BCUT2D eigenvalue weighted by molar-refractivity contribution is 5.68. The summed E-state index contributed by atoms with van der Waals surface area (Å²) in [7, 11) is 2.15. The zero-order chi connectivity index (χ0) is 17.8. The van der Waals surface area contributed by atoms with Crippen LogP contribution in [-0.2, 0) is 4.74 Å². The van der Waals surface area contributed by atoms with E-state index in [4.69, 9.17) is 9.72 Å². The topological polar surface area (TPSA) is 65.0 Å². The van der Waals surface area contributed by atoms with Gasteiger partial charge in [0.25, 0.3) is 0 Å². The highest BCUT2D eigenvalue weighted by Crippen LogP contribution is 2.20. The number of amides is 1. The van der Waals surface area contributed by atoms with Gasteiger partial charge in [0.15, 0.2) is 0 Å².